The van der Waals surface area contributed by atoms with Gasteiger partial charge in [0.25, 0.3) is 0 Å². The molecule has 0 aromatic heterocycles. The summed E-state index contributed by atoms with van der Waals surface area (Å²) in [5.74, 6) is -0.227. The summed E-state index contributed by atoms with van der Waals surface area (Å²) < 4.78 is 14.6. The molecular weight excluding hydrogens is 237 g/mol. The summed E-state index contributed by atoms with van der Waals surface area (Å²) in [6.45, 7) is 0. The molecule has 0 atom stereocenters. The van der Waals surface area contributed by atoms with Crippen LogP contribution in [-0.4, -0.2) is 33.8 Å². The molecule has 0 bridgehead atoms. The van der Waals surface area contributed by atoms with Crippen molar-refractivity contribution in [1.82, 2.24) is 4.90 Å². The van der Waals surface area contributed by atoms with E-state index in [9.17, 15) is 4.57 Å². The van der Waals surface area contributed by atoms with Gasteiger partial charge in [0.15, 0.2) is 5.76 Å². The molecule has 0 aliphatic carbocycles. The van der Waals surface area contributed by atoms with E-state index in [1.54, 1.807) is 14.1 Å². The first-order valence-electron chi connectivity index (χ1n) is 3.05. The number of hydrogen-bond acceptors (Lipinski definition) is 3. The Morgan fingerprint density at radius 1 is 1.62 bits per heavy atom. The Labute approximate surface area is 86.2 Å². The first-order chi connectivity index (χ1) is 5.78. The molecule has 0 aromatic carbocycles. The van der Waals surface area contributed by atoms with Gasteiger partial charge in [-0.05, 0) is 0 Å². The molecule has 0 aliphatic rings. The fourth-order valence-corrected chi connectivity index (χ4v) is 1.29. The summed E-state index contributed by atoms with van der Waals surface area (Å²) >= 11 is 10.0. The van der Waals surface area contributed by atoms with Gasteiger partial charge in [-0.15, -0.1) is 0 Å². The SMILES string of the molecule is CN(C)C(=S)C(=CCl)OP(=O)(O)O. The van der Waals surface area contributed by atoms with Crippen LogP contribution >= 0.6 is 31.6 Å². The minimum atomic E-state index is -4.60. The van der Waals surface area contributed by atoms with Crippen LogP contribution in [0.15, 0.2) is 11.3 Å². The minimum Gasteiger partial charge on any atom is -0.400 e. The molecular formula is C5H9ClNO4PS. The first-order valence-corrected chi connectivity index (χ1v) is 5.42. The van der Waals surface area contributed by atoms with Crippen molar-refractivity contribution in [3.63, 3.8) is 0 Å². The minimum absolute atomic E-state index is 0.110. The molecule has 0 spiro atoms. The Bertz CT molecular complexity index is 274. The van der Waals surface area contributed by atoms with Gasteiger partial charge in [0.2, 0.25) is 0 Å². The lowest BCUT2D eigenvalue weighted by Crippen LogP contribution is -2.22. The highest BCUT2D eigenvalue weighted by Crippen LogP contribution is 2.39. The van der Waals surface area contributed by atoms with Crippen molar-refractivity contribution in [1.29, 1.82) is 0 Å². The number of phosphoric acid groups is 1. The van der Waals surface area contributed by atoms with Gasteiger partial charge in [-0.25, -0.2) is 4.57 Å². The maximum Gasteiger partial charge on any atom is 0.524 e. The summed E-state index contributed by atoms with van der Waals surface area (Å²) in [7, 11) is -1.39. The van der Waals surface area contributed by atoms with E-state index in [1.807, 2.05) is 0 Å². The Morgan fingerprint density at radius 3 is 2.31 bits per heavy atom. The van der Waals surface area contributed by atoms with Crippen molar-refractivity contribution in [2.75, 3.05) is 14.1 Å². The molecule has 0 saturated carbocycles. The molecule has 2 N–H and O–H groups in total. The van der Waals surface area contributed by atoms with Crippen LogP contribution in [0.3, 0.4) is 0 Å². The van der Waals surface area contributed by atoms with Crippen LogP contribution in [0.5, 0.6) is 0 Å². The standard InChI is InChI=1S/C5H9ClNO4PS/c1-7(2)5(13)4(3-6)11-12(8,9)10/h3H,1-2H3,(H2,8,9,10). The second kappa shape index (κ2) is 4.93. The second-order valence-electron chi connectivity index (χ2n) is 2.25. The lowest BCUT2D eigenvalue weighted by Gasteiger charge is -2.16. The van der Waals surface area contributed by atoms with Crippen LogP contribution in [0.1, 0.15) is 0 Å². The highest BCUT2D eigenvalue weighted by molar-refractivity contribution is 7.80. The molecule has 0 unspecified atom stereocenters. The average molecular weight is 246 g/mol. The number of hydrogen-bond donors (Lipinski definition) is 2. The lowest BCUT2D eigenvalue weighted by molar-refractivity contribution is 0.249. The van der Waals surface area contributed by atoms with Crippen LogP contribution < -0.4 is 0 Å². The summed E-state index contributed by atoms with van der Waals surface area (Å²) in [4.78, 5) is 18.5. The van der Waals surface area contributed by atoms with Gasteiger partial charge in [-0.1, -0.05) is 23.8 Å². The van der Waals surface area contributed by atoms with E-state index in [4.69, 9.17) is 33.6 Å². The van der Waals surface area contributed by atoms with E-state index in [-0.39, 0.29) is 10.7 Å². The molecule has 5 nitrogen and oxygen atoms in total. The number of rotatable bonds is 3. The quantitative estimate of drug-likeness (QED) is 0.335. The summed E-state index contributed by atoms with van der Waals surface area (Å²) in [6, 6.07) is 0. The Hall–Kier alpha value is -0.130. The highest BCUT2D eigenvalue weighted by Gasteiger charge is 2.20. The van der Waals surface area contributed by atoms with E-state index in [0.717, 1.165) is 5.54 Å². The molecule has 76 valence electrons. The second-order valence-corrected chi connectivity index (χ2v) is 4.02. The van der Waals surface area contributed by atoms with Gasteiger partial charge < -0.3 is 9.42 Å². The third-order valence-corrected chi connectivity index (χ3v) is 2.13. The van der Waals surface area contributed by atoms with Crippen LogP contribution in [0.25, 0.3) is 0 Å². The average Bonchev–Trinajstić information content (AvgIpc) is 1.97. The zero-order valence-electron chi connectivity index (χ0n) is 6.97. The number of halogens is 1. The predicted octanol–water partition coefficient (Wildman–Crippen LogP) is 1.06. The summed E-state index contributed by atoms with van der Waals surface area (Å²) in [5.41, 5.74) is 0.876. The van der Waals surface area contributed by atoms with E-state index in [2.05, 4.69) is 4.52 Å². The normalized spacial score (nSPS) is 12.5. The molecule has 0 amide bonds. The first kappa shape index (κ1) is 12.9. The van der Waals surface area contributed by atoms with Crippen LogP contribution in [0.2, 0.25) is 0 Å². The predicted molar refractivity (Wildman–Crippen MR) is 53.4 cm³/mol. The van der Waals surface area contributed by atoms with Gasteiger partial charge >= 0.3 is 7.82 Å². The highest BCUT2D eigenvalue weighted by atomic mass is 35.5. The molecule has 0 aliphatic heterocycles. The summed E-state index contributed by atoms with van der Waals surface area (Å²) in [5, 5.41) is 0. The monoisotopic (exact) mass is 245 g/mol. The third-order valence-electron chi connectivity index (χ3n) is 0.933. The van der Waals surface area contributed by atoms with E-state index in [1.165, 1.54) is 4.90 Å². The maximum absolute atomic E-state index is 10.4. The number of likely N-dealkylation sites (N-methyl/N-ethyl adjacent to an activating group) is 1. The van der Waals surface area contributed by atoms with Crippen molar-refractivity contribution in [2.24, 2.45) is 0 Å². The van der Waals surface area contributed by atoms with Crippen molar-refractivity contribution >= 4 is 36.6 Å². The molecule has 0 radical (unpaired) electrons. The van der Waals surface area contributed by atoms with E-state index < -0.39 is 7.82 Å². The smallest absolute Gasteiger partial charge is 0.400 e. The number of nitrogens with zero attached hydrogens (tertiary/aromatic N) is 1. The molecule has 13 heavy (non-hydrogen) atoms. The zero-order valence-corrected chi connectivity index (χ0v) is 9.44. The van der Waals surface area contributed by atoms with Gasteiger partial charge in [-0.2, -0.15) is 0 Å². The van der Waals surface area contributed by atoms with Crippen LogP contribution in [0.4, 0.5) is 0 Å². The third kappa shape index (κ3) is 5.23. The molecule has 0 heterocycles. The number of phosphoric ester groups is 1. The largest absolute Gasteiger partial charge is 0.524 e. The lowest BCUT2D eigenvalue weighted by atomic mass is 10.5. The van der Waals surface area contributed by atoms with Gasteiger partial charge in [-0.3, -0.25) is 9.79 Å². The van der Waals surface area contributed by atoms with Crippen LogP contribution in [-0.2, 0) is 9.09 Å². The van der Waals surface area contributed by atoms with Crippen molar-refractivity contribution in [2.45, 2.75) is 0 Å². The molecule has 0 aromatic rings. The zero-order chi connectivity index (χ0) is 10.6. The van der Waals surface area contributed by atoms with Crippen LogP contribution in [0, 0.1) is 0 Å². The van der Waals surface area contributed by atoms with Crippen molar-refractivity contribution in [3.05, 3.63) is 11.3 Å². The fourth-order valence-electron chi connectivity index (χ4n) is 0.454. The molecule has 8 heteroatoms. The number of thiocarbonyl (C=S) groups is 1. The molecule has 0 rings (SSSR count). The topological polar surface area (TPSA) is 70.0 Å². The molecule has 0 saturated heterocycles. The van der Waals surface area contributed by atoms with Crippen molar-refractivity contribution < 1.29 is 18.9 Å². The Kier molecular flexibility index (Phi) is 4.88. The van der Waals surface area contributed by atoms with E-state index in [0.29, 0.717) is 0 Å². The van der Waals surface area contributed by atoms with Gasteiger partial charge in [0, 0.05) is 14.1 Å². The maximum atomic E-state index is 10.4. The Balaban J connectivity index is 4.58. The molecule has 0 fully saturated rings. The van der Waals surface area contributed by atoms with Crippen molar-refractivity contribution in [3.8, 4) is 0 Å². The van der Waals surface area contributed by atoms with Gasteiger partial charge in [0.1, 0.15) is 4.99 Å². The summed E-state index contributed by atoms with van der Waals surface area (Å²) in [6.07, 6.45) is 0. The van der Waals surface area contributed by atoms with E-state index >= 15 is 0 Å². The fraction of sp³-hybridized carbons (Fsp3) is 0.400. The van der Waals surface area contributed by atoms with Gasteiger partial charge in [0.05, 0.1) is 5.54 Å². The Morgan fingerprint density at radius 2 is 2.08 bits per heavy atom.